The van der Waals surface area contributed by atoms with Crippen LogP contribution < -0.4 is 0 Å². The Bertz CT molecular complexity index is 227. The number of halogens is 1. The van der Waals surface area contributed by atoms with Crippen LogP contribution in [0.15, 0.2) is 4.34 Å². The molecule has 0 aliphatic rings. The quantitative estimate of drug-likeness (QED) is 0.566. The Morgan fingerprint density at radius 1 is 1.58 bits per heavy atom. The van der Waals surface area contributed by atoms with Crippen LogP contribution in [-0.2, 0) is 6.42 Å². The van der Waals surface area contributed by atoms with Crippen molar-refractivity contribution in [3.63, 3.8) is 0 Å². The van der Waals surface area contributed by atoms with Gasteiger partial charge in [0, 0.05) is 18.1 Å². The first-order chi connectivity index (χ1) is 5.86. The Kier molecular flexibility index (Phi) is 4.95. The van der Waals surface area contributed by atoms with Gasteiger partial charge >= 0.3 is 0 Å². The highest BCUT2D eigenvalue weighted by atomic mass is 35.5. The minimum Gasteiger partial charge on any atom is -0.213 e. The van der Waals surface area contributed by atoms with Gasteiger partial charge in [-0.15, -0.1) is 11.6 Å². The molecule has 5 heteroatoms. The summed E-state index contributed by atoms with van der Waals surface area (Å²) in [5.74, 6) is 2.56. The maximum Gasteiger partial charge on any atom is 0.170 e. The van der Waals surface area contributed by atoms with Gasteiger partial charge in [0.1, 0.15) is 5.82 Å². The Hall–Kier alpha value is 0.200. The van der Waals surface area contributed by atoms with Crippen LogP contribution in [0.1, 0.15) is 19.2 Å². The number of hydrogen-bond donors (Lipinski definition) is 0. The molecule has 0 saturated carbocycles. The zero-order chi connectivity index (χ0) is 8.81. The Balaban J connectivity index is 2.41. The van der Waals surface area contributed by atoms with Crippen LogP contribution in [0.2, 0.25) is 0 Å². The fourth-order valence-corrected chi connectivity index (χ4v) is 2.44. The summed E-state index contributed by atoms with van der Waals surface area (Å²) >= 11 is 8.71. The number of aromatic nitrogens is 2. The lowest BCUT2D eigenvalue weighted by Gasteiger charge is -1.89. The molecule has 0 radical (unpaired) electrons. The second-order valence-corrected chi connectivity index (χ2v) is 4.74. The monoisotopic (exact) mass is 222 g/mol. The van der Waals surface area contributed by atoms with Crippen molar-refractivity contribution in [1.29, 1.82) is 0 Å². The molecular formula is C7H11ClN2S2. The molecule has 0 saturated heterocycles. The van der Waals surface area contributed by atoms with Gasteiger partial charge in [-0.3, -0.25) is 0 Å². The standard InChI is InChI=1S/C7H11ClN2S2/c1-2-3-6-9-7(12-10-6)11-5-4-8/h2-5H2,1H3. The van der Waals surface area contributed by atoms with Gasteiger partial charge in [-0.25, -0.2) is 4.98 Å². The first-order valence-corrected chi connectivity index (χ1v) is 6.17. The highest BCUT2D eigenvalue weighted by Crippen LogP contribution is 2.20. The highest BCUT2D eigenvalue weighted by Gasteiger charge is 2.02. The predicted molar refractivity (Wildman–Crippen MR) is 55.3 cm³/mol. The summed E-state index contributed by atoms with van der Waals surface area (Å²) in [4.78, 5) is 4.35. The van der Waals surface area contributed by atoms with E-state index in [9.17, 15) is 0 Å². The molecule has 2 nitrogen and oxygen atoms in total. The molecule has 1 heterocycles. The molecule has 0 atom stereocenters. The van der Waals surface area contributed by atoms with Gasteiger partial charge in [-0.2, -0.15) is 4.37 Å². The summed E-state index contributed by atoms with van der Waals surface area (Å²) in [7, 11) is 0. The average Bonchev–Trinajstić information content (AvgIpc) is 2.50. The normalized spacial score (nSPS) is 10.5. The minimum absolute atomic E-state index is 0.674. The fraction of sp³-hybridized carbons (Fsp3) is 0.714. The van der Waals surface area contributed by atoms with E-state index in [-0.39, 0.29) is 0 Å². The van der Waals surface area contributed by atoms with Gasteiger partial charge in [0.2, 0.25) is 0 Å². The third kappa shape index (κ3) is 3.29. The zero-order valence-electron chi connectivity index (χ0n) is 6.92. The molecule has 0 amide bonds. The molecule has 1 rings (SSSR count). The van der Waals surface area contributed by atoms with E-state index < -0.39 is 0 Å². The third-order valence-corrected chi connectivity index (χ3v) is 3.51. The van der Waals surface area contributed by atoms with Gasteiger partial charge < -0.3 is 0 Å². The van der Waals surface area contributed by atoms with Crippen LogP contribution in [0, 0.1) is 0 Å². The minimum atomic E-state index is 0.674. The number of nitrogens with zero attached hydrogens (tertiary/aromatic N) is 2. The van der Waals surface area contributed by atoms with Crippen molar-refractivity contribution in [1.82, 2.24) is 9.36 Å². The van der Waals surface area contributed by atoms with E-state index in [1.165, 1.54) is 11.5 Å². The van der Waals surface area contributed by atoms with Crippen molar-refractivity contribution in [2.24, 2.45) is 0 Å². The maximum absolute atomic E-state index is 5.55. The highest BCUT2D eigenvalue weighted by molar-refractivity contribution is 8.01. The summed E-state index contributed by atoms with van der Waals surface area (Å²) in [6.07, 6.45) is 2.09. The van der Waals surface area contributed by atoms with Crippen molar-refractivity contribution in [3.8, 4) is 0 Å². The van der Waals surface area contributed by atoms with E-state index in [4.69, 9.17) is 11.6 Å². The summed E-state index contributed by atoms with van der Waals surface area (Å²) in [6.45, 7) is 2.13. The van der Waals surface area contributed by atoms with Crippen molar-refractivity contribution in [3.05, 3.63) is 5.82 Å². The molecule has 0 aliphatic heterocycles. The van der Waals surface area contributed by atoms with E-state index in [2.05, 4.69) is 16.3 Å². The molecule has 0 bridgehead atoms. The van der Waals surface area contributed by atoms with Gasteiger partial charge in [-0.1, -0.05) is 18.7 Å². The van der Waals surface area contributed by atoms with Gasteiger partial charge in [0.05, 0.1) is 0 Å². The SMILES string of the molecule is CCCc1nsc(SCCCl)n1. The van der Waals surface area contributed by atoms with Crippen LogP contribution in [0.3, 0.4) is 0 Å². The smallest absolute Gasteiger partial charge is 0.170 e. The molecule has 0 fully saturated rings. The second-order valence-electron chi connectivity index (χ2n) is 2.26. The Labute approximate surface area is 85.9 Å². The molecule has 0 aliphatic carbocycles. The lowest BCUT2D eigenvalue weighted by molar-refractivity contribution is 0.851. The molecule has 68 valence electrons. The van der Waals surface area contributed by atoms with Crippen LogP contribution in [0.25, 0.3) is 0 Å². The van der Waals surface area contributed by atoms with Gasteiger partial charge in [0.15, 0.2) is 4.34 Å². The van der Waals surface area contributed by atoms with E-state index in [0.717, 1.165) is 28.8 Å². The first kappa shape index (κ1) is 10.3. The number of aryl methyl sites for hydroxylation is 1. The molecular weight excluding hydrogens is 212 g/mol. The van der Waals surface area contributed by atoms with Gasteiger partial charge in [0.25, 0.3) is 0 Å². The van der Waals surface area contributed by atoms with E-state index >= 15 is 0 Å². The topological polar surface area (TPSA) is 25.8 Å². The summed E-state index contributed by atoms with van der Waals surface area (Å²) < 4.78 is 5.27. The first-order valence-electron chi connectivity index (χ1n) is 3.88. The van der Waals surface area contributed by atoms with Crippen molar-refractivity contribution in [2.75, 3.05) is 11.6 Å². The van der Waals surface area contributed by atoms with Crippen LogP contribution in [0.5, 0.6) is 0 Å². The zero-order valence-corrected chi connectivity index (χ0v) is 9.31. The van der Waals surface area contributed by atoms with Crippen molar-refractivity contribution >= 4 is 34.9 Å². The molecule has 0 unspecified atom stereocenters. The summed E-state index contributed by atoms with van der Waals surface area (Å²) in [5, 5.41) is 0. The average molecular weight is 223 g/mol. The molecule has 0 aromatic carbocycles. The van der Waals surface area contributed by atoms with Crippen molar-refractivity contribution in [2.45, 2.75) is 24.1 Å². The Morgan fingerprint density at radius 3 is 3.08 bits per heavy atom. The molecule has 1 aromatic heterocycles. The third-order valence-electron chi connectivity index (χ3n) is 1.23. The van der Waals surface area contributed by atoms with E-state index in [1.54, 1.807) is 11.8 Å². The summed E-state index contributed by atoms with van der Waals surface area (Å²) in [6, 6.07) is 0. The van der Waals surface area contributed by atoms with E-state index in [0.29, 0.717) is 5.88 Å². The lowest BCUT2D eigenvalue weighted by Crippen LogP contribution is -1.85. The molecule has 1 aromatic rings. The van der Waals surface area contributed by atoms with Gasteiger partial charge in [-0.05, 0) is 18.0 Å². The predicted octanol–water partition coefficient (Wildman–Crippen LogP) is 2.82. The number of alkyl halides is 1. The van der Waals surface area contributed by atoms with Crippen LogP contribution >= 0.6 is 34.9 Å². The number of thioether (sulfide) groups is 1. The largest absolute Gasteiger partial charge is 0.213 e. The van der Waals surface area contributed by atoms with Crippen LogP contribution in [-0.4, -0.2) is 21.0 Å². The molecule has 0 spiro atoms. The maximum atomic E-state index is 5.55. The molecule has 0 N–H and O–H groups in total. The fourth-order valence-electron chi connectivity index (χ4n) is 0.748. The van der Waals surface area contributed by atoms with Crippen molar-refractivity contribution < 1.29 is 0 Å². The Morgan fingerprint density at radius 2 is 2.42 bits per heavy atom. The van der Waals surface area contributed by atoms with E-state index in [1.807, 2.05) is 0 Å². The molecule has 12 heavy (non-hydrogen) atoms. The summed E-state index contributed by atoms with van der Waals surface area (Å²) in [5.41, 5.74) is 0. The number of rotatable bonds is 5. The number of hydrogen-bond acceptors (Lipinski definition) is 4. The second kappa shape index (κ2) is 5.78. The lowest BCUT2D eigenvalue weighted by atomic mass is 10.3. The van der Waals surface area contributed by atoms with Crippen LogP contribution in [0.4, 0.5) is 0 Å².